The summed E-state index contributed by atoms with van der Waals surface area (Å²) in [5.41, 5.74) is 1.78. The second-order valence-corrected chi connectivity index (χ2v) is 11.0. The van der Waals surface area contributed by atoms with Crippen LogP contribution in [-0.2, 0) is 4.74 Å². The highest BCUT2D eigenvalue weighted by Crippen LogP contribution is 2.48. The highest BCUT2D eigenvalue weighted by Gasteiger charge is 2.26. The molecule has 0 bridgehead atoms. The van der Waals surface area contributed by atoms with E-state index in [0.717, 1.165) is 44.8 Å². The molecule has 2 N–H and O–H groups in total. The van der Waals surface area contributed by atoms with Crippen LogP contribution in [0.25, 0.3) is 10.9 Å². The predicted molar refractivity (Wildman–Crippen MR) is 166 cm³/mol. The summed E-state index contributed by atoms with van der Waals surface area (Å²) in [5.74, 6) is 1.67. The number of halogens is 2. The SMILES string of the molecule is CC(NC(=O)Nc1ccc(Oc2ncnc3cc(OCCCN4CCOCC4)c4c(c23)OCCO4)c(Cl)c1)c1ccc(F)cc1. The van der Waals surface area contributed by atoms with Gasteiger partial charge >= 0.3 is 6.03 Å². The molecule has 1 fully saturated rings. The third-order valence-corrected chi connectivity index (χ3v) is 7.73. The fourth-order valence-electron chi connectivity index (χ4n) is 5.13. The maximum atomic E-state index is 13.2. The lowest BCUT2D eigenvalue weighted by Crippen LogP contribution is -2.37. The van der Waals surface area contributed by atoms with Gasteiger partial charge in [0.05, 0.1) is 36.4 Å². The third kappa shape index (κ3) is 7.47. The normalized spacial score (nSPS) is 15.4. The predicted octanol–water partition coefficient (Wildman–Crippen LogP) is 5.97. The van der Waals surface area contributed by atoms with Crippen LogP contribution in [0.3, 0.4) is 0 Å². The molecule has 2 aliphatic heterocycles. The van der Waals surface area contributed by atoms with Crippen molar-refractivity contribution < 1.29 is 32.9 Å². The van der Waals surface area contributed by atoms with Gasteiger partial charge in [0.15, 0.2) is 11.5 Å². The number of morpholine rings is 1. The Hall–Kier alpha value is -4.39. The molecule has 0 radical (unpaired) electrons. The summed E-state index contributed by atoms with van der Waals surface area (Å²) in [4.78, 5) is 23.7. The Balaban J connectivity index is 1.14. The van der Waals surface area contributed by atoms with Gasteiger partial charge in [-0.2, -0.15) is 0 Å². The first-order valence-corrected chi connectivity index (χ1v) is 15.1. The molecule has 13 heteroatoms. The molecule has 1 unspecified atom stereocenters. The number of ether oxygens (including phenoxy) is 5. The minimum absolute atomic E-state index is 0.231. The minimum atomic E-state index is -0.443. The second kappa shape index (κ2) is 14.1. The molecule has 4 aromatic rings. The Labute approximate surface area is 264 Å². The number of anilines is 1. The quantitative estimate of drug-likeness (QED) is 0.203. The summed E-state index contributed by atoms with van der Waals surface area (Å²) in [6.07, 6.45) is 2.25. The van der Waals surface area contributed by atoms with E-state index in [1.165, 1.54) is 18.5 Å². The van der Waals surface area contributed by atoms with Crippen LogP contribution in [0.1, 0.15) is 24.9 Å². The van der Waals surface area contributed by atoms with Gasteiger partial charge in [-0.05, 0) is 49.2 Å². The van der Waals surface area contributed by atoms with Crippen LogP contribution >= 0.6 is 11.6 Å². The molecule has 2 aliphatic rings. The molecule has 2 amide bonds. The van der Waals surface area contributed by atoms with Gasteiger partial charge in [-0.25, -0.2) is 19.2 Å². The maximum Gasteiger partial charge on any atom is 0.319 e. The number of nitrogens with zero attached hydrogens (tertiary/aromatic N) is 3. The highest BCUT2D eigenvalue weighted by molar-refractivity contribution is 6.32. The standard InChI is InChI=1S/C32H33ClFN5O6/c1-20(21-3-5-22(34)6-4-21)37-32(40)38-23-7-8-26(24(33)17-23)45-31-28-25(35-19-36-31)18-27(29-30(28)44-16-15-43-29)42-12-2-9-39-10-13-41-14-11-39/h3-8,17-20H,2,9-16H2,1H3,(H2,37,38,40). The van der Waals surface area contributed by atoms with Crippen molar-refractivity contribution in [3.05, 3.63) is 71.3 Å². The highest BCUT2D eigenvalue weighted by atomic mass is 35.5. The molecule has 0 spiro atoms. The van der Waals surface area contributed by atoms with Gasteiger partial charge in [0.1, 0.15) is 36.5 Å². The first-order valence-electron chi connectivity index (χ1n) is 14.7. The summed E-state index contributed by atoms with van der Waals surface area (Å²) in [6, 6.07) is 11.8. The first kappa shape index (κ1) is 30.6. The Morgan fingerprint density at radius 1 is 1.02 bits per heavy atom. The van der Waals surface area contributed by atoms with Crippen LogP contribution in [0.15, 0.2) is 54.9 Å². The van der Waals surface area contributed by atoms with Crippen molar-refractivity contribution in [2.45, 2.75) is 19.4 Å². The summed E-state index contributed by atoms with van der Waals surface area (Å²) >= 11 is 6.56. The molecule has 0 aliphatic carbocycles. The van der Waals surface area contributed by atoms with Crippen molar-refractivity contribution in [2.24, 2.45) is 0 Å². The number of nitrogens with one attached hydrogen (secondary N) is 2. The van der Waals surface area contributed by atoms with Crippen LogP contribution in [0.2, 0.25) is 5.02 Å². The zero-order chi connectivity index (χ0) is 31.2. The van der Waals surface area contributed by atoms with Gasteiger partial charge in [-0.3, -0.25) is 4.90 Å². The number of hydrogen-bond donors (Lipinski definition) is 2. The lowest BCUT2D eigenvalue weighted by atomic mass is 10.1. The molecule has 1 saturated heterocycles. The molecule has 1 aromatic heterocycles. The summed E-state index contributed by atoms with van der Waals surface area (Å²) < 4.78 is 42.9. The number of fused-ring (bicyclic) bond motifs is 3. The van der Waals surface area contributed by atoms with E-state index in [-0.39, 0.29) is 22.8 Å². The number of benzene rings is 3. The summed E-state index contributed by atoms with van der Waals surface area (Å²) in [5, 5.41) is 6.35. The smallest absolute Gasteiger partial charge is 0.319 e. The van der Waals surface area contributed by atoms with Gasteiger partial charge in [0.25, 0.3) is 0 Å². The molecule has 11 nitrogen and oxygen atoms in total. The molecule has 236 valence electrons. The van der Waals surface area contributed by atoms with Crippen molar-refractivity contribution in [3.63, 3.8) is 0 Å². The molecule has 6 rings (SSSR count). The Morgan fingerprint density at radius 2 is 1.80 bits per heavy atom. The van der Waals surface area contributed by atoms with E-state index >= 15 is 0 Å². The van der Waals surface area contributed by atoms with E-state index < -0.39 is 6.03 Å². The first-order chi connectivity index (χ1) is 21.9. The van der Waals surface area contributed by atoms with Gasteiger partial charge in [-0.15, -0.1) is 0 Å². The van der Waals surface area contributed by atoms with Crippen molar-refractivity contribution >= 4 is 34.2 Å². The lowest BCUT2D eigenvalue weighted by Gasteiger charge is -2.26. The average Bonchev–Trinajstić information content (AvgIpc) is 3.05. The number of hydrogen-bond acceptors (Lipinski definition) is 9. The zero-order valence-electron chi connectivity index (χ0n) is 24.7. The molecule has 1 atom stereocenters. The van der Waals surface area contributed by atoms with E-state index in [2.05, 4.69) is 25.5 Å². The monoisotopic (exact) mass is 637 g/mol. The number of carbonyl (C=O) groups is 1. The van der Waals surface area contributed by atoms with E-state index in [9.17, 15) is 9.18 Å². The van der Waals surface area contributed by atoms with Crippen LogP contribution in [0, 0.1) is 5.82 Å². The average molecular weight is 638 g/mol. The maximum absolute atomic E-state index is 13.2. The fraction of sp³-hybridized carbons (Fsp3) is 0.344. The number of carbonyl (C=O) groups excluding carboxylic acids is 1. The van der Waals surface area contributed by atoms with Gasteiger partial charge in [-0.1, -0.05) is 23.7 Å². The van der Waals surface area contributed by atoms with E-state index in [1.807, 2.05) is 0 Å². The Kier molecular flexibility index (Phi) is 9.63. The molecular formula is C32H33ClFN5O6. The zero-order valence-corrected chi connectivity index (χ0v) is 25.4. The number of aromatic nitrogens is 2. The van der Waals surface area contributed by atoms with Crippen LogP contribution < -0.4 is 29.6 Å². The van der Waals surface area contributed by atoms with Crippen molar-refractivity contribution in [2.75, 3.05) is 58.0 Å². The molecule has 3 heterocycles. The second-order valence-electron chi connectivity index (χ2n) is 10.6. The summed E-state index contributed by atoms with van der Waals surface area (Å²) in [6.45, 7) is 7.34. The van der Waals surface area contributed by atoms with Crippen molar-refractivity contribution in [1.29, 1.82) is 0 Å². The number of amides is 2. The number of urea groups is 1. The Morgan fingerprint density at radius 3 is 2.58 bits per heavy atom. The van der Waals surface area contributed by atoms with Gasteiger partial charge in [0.2, 0.25) is 11.6 Å². The third-order valence-electron chi connectivity index (χ3n) is 7.44. The van der Waals surface area contributed by atoms with Crippen LogP contribution in [-0.4, -0.2) is 73.6 Å². The van der Waals surface area contributed by atoms with Crippen molar-refractivity contribution in [1.82, 2.24) is 20.2 Å². The van der Waals surface area contributed by atoms with Crippen LogP contribution in [0.5, 0.6) is 28.9 Å². The van der Waals surface area contributed by atoms with E-state index in [1.54, 1.807) is 43.3 Å². The van der Waals surface area contributed by atoms with Crippen LogP contribution in [0.4, 0.5) is 14.9 Å². The summed E-state index contributed by atoms with van der Waals surface area (Å²) in [7, 11) is 0. The largest absolute Gasteiger partial charge is 0.489 e. The van der Waals surface area contributed by atoms with Gasteiger partial charge in [0, 0.05) is 31.4 Å². The van der Waals surface area contributed by atoms with Gasteiger partial charge < -0.3 is 34.3 Å². The van der Waals surface area contributed by atoms with Crippen molar-refractivity contribution in [3.8, 4) is 28.9 Å². The molecule has 45 heavy (non-hydrogen) atoms. The topological polar surface area (TPSA) is 116 Å². The molecule has 0 saturated carbocycles. The van der Waals surface area contributed by atoms with E-state index in [0.29, 0.717) is 59.4 Å². The number of rotatable bonds is 10. The van der Waals surface area contributed by atoms with E-state index in [4.69, 9.17) is 35.3 Å². The fourth-order valence-corrected chi connectivity index (χ4v) is 5.34. The minimum Gasteiger partial charge on any atom is -0.489 e. The lowest BCUT2D eigenvalue weighted by molar-refractivity contribution is 0.0357. The Bertz CT molecular complexity index is 1650. The molecule has 3 aromatic carbocycles. The molecular weight excluding hydrogens is 605 g/mol.